The van der Waals surface area contributed by atoms with Crippen LogP contribution in [0.3, 0.4) is 0 Å². The van der Waals surface area contributed by atoms with Crippen molar-refractivity contribution in [2.45, 2.75) is 57.5 Å². The molecule has 4 aromatic rings. The zero-order chi connectivity index (χ0) is 46.7. The Kier molecular flexibility index (Phi) is 15.5. The first-order valence-electron chi connectivity index (χ1n) is 20.5. The van der Waals surface area contributed by atoms with Gasteiger partial charge >= 0.3 is 6.36 Å². The van der Waals surface area contributed by atoms with Crippen LogP contribution >= 0.6 is 0 Å². The maximum Gasteiger partial charge on any atom is 0.573 e. The minimum atomic E-state index is -4.81. The van der Waals surface area contributed by atoms with Gasteiger partial charge in [-0.3, -0.25) is 43.8 Å². The lowest BCUT2D eigenvalue weighted by Crippen LogP contribution is -2.54. The zero-order valence-corrected chi connectivity index (χ0v) is 35.2. The molecule has 0 aliphatic carbocycles. The third kappa shape index (κ3) is 12.6. The summed E-state index contributed by atoms with van der Waals surface area (Å²) in [5.41, 5.74) is 7.91. The number of amides is 7. The summed E-state index contributed by atoms with van der Waals surface area (Å²) in [6.07, 6.45) is 1.17. The first-order chi connectivity index (χ1) is 31.1. The number of nitrogens with one attached hydrogen (secondary N) is 3. The monoisotopic (exact) mass is 905 g/mol. The maximum atomic E-state index is 13.2. The second kappa shape index (κ2) is 21.3. The van der Waals surface area contributed by atoms with E-state index in [-0.39, 0.29) is 98.7 Å². The molecule has 1 saturated heterocycles. The third-order valence-corrected chi connectivity index (χ3v) is 10.3. The first-order valence-corrected chi connectivity index (χ1v) is 20.5. The van der Waals surface area contributed by atoms with Crippen LogP contribution in [0.25, 0.3) is 11.3 Å². The van der Waals surface area contributed by atoms with E-state index in [2.05, 4.69) is 30.7 Å². The number of primary amides is 1. The summed E-state index contributed by atoms with van der Waals surface area (Å²) in [6, 6.07) is 10.3. The van der Waals surface area contributed by atoms with Crippen LogP contribution in [-0.4, -0.2) is 125 Å². The SMILES string of the molecule is CN(CCCOc1ncc(-c2cn(CCCC(=O)NCCOCCNc3cccc4c3C(=O)N(C3CCC(=O)NC3=O)C4=O)cn2)cc1C(N)=O)C(=O)Cc1ccc(OC(F)(F)F)cc1. The van der Waals surface area contributed by atoms with Crippen LogP contribution < -0.4 is 31.2 Å². The van der Waals surface area contributed by atoms with E-state index in [0.717, 1.165) is 17.0 Å². The van der Waals surface area contributed by atoms with Gasteiger partial charge in [-0.15, -0.1) is 13.2 Å². The molecule has 6 rings (SSSR count). The minimum absolute atomic E-state index is 0.0111. The molecule has 65 heavy (non-hydrogen) atoms. The smallest absolute Gasteiger partial charge is 0.477 e. The fraction of sp³-hybridized carbons (Fsp3) is 0.372. The van der Waals surface area contributed by atoms with E-state index in [1.165, 1.54) is 35.4 Å². The number of halogens is 3. The number of benzene rings is 2. The van der Waals surface area contributed by atoms with Crippen LogP contribution in [0, 0.1) is 0 Å². The van der Waals surface area contributed by atoms with Crippen LogP contribution in [0.1, 0.15) is 68.7 Å². The highest BCUT2D eigenvalue weighted by Crippen LogP contribution is 2.32. The van der Waals surface area contributed by atoms with Gasteiger partial charge in [-0.25, -0.2) is 9.97 Å². The first kappa shape index (κ1) is 47.1. The highest BCUT2D eigenvalue weighted by atomic mass is 19.4. The van der Waals surface area contributed by atoms with Crippen molar-refractivity contribution in [3.05, 3.63) is 89.5 Å². The van der Waals surface area contributed by atoms with Crippen molar-refractivity contribution >= 4 is 47.0 Å². The normalized spacial score (nSPS) is 14.8. The third-order valence-electron chi connectivity index (χ3n) is 10.3. The van der Waals surface area contributed by atoms with Gasteiger partial charge in [0.15, 0.2) is 0 Å². The van der Waals surface area contributed by atoms with Gasteiger partial charge in [-0.2, -0.15) is 0 Å². The Bertz CT molecular complexity index is 2430. The molecule has 4 heterocycles. The van der Waals surface area contributed by atoms with Crippen molar-refractivity contribution in [3.8, 4) is 22.9 Å². The standard InChI is InChI=1S/C43H46F3N9O10/c1-53(36(58)21-26-8-10-28(11-9-26)65-43(44,45)46)16-4-18-64-40-30(38(47)59)22-27(23-50-40)32-24-54(25-51-32)17-3-7-34(56)49-15-20-63-19-14-48-31-6-2-5-29-37(31)42(62)55(41(29)61)33-12-13-35(57)52-39(33)60/h2,5-6,8-11,22-25,33,48H,3-4,7,12-21H2,1H3,(H2,47,59)(H,49,56)(H,52,57,60). The summed E-state index contributed by atoms with van der Waals surface area (Å²) < 4.78 is 54.2. The fourth-order valence-electron chi connectivity index (χ4n) is 7.02. The quantitative estimate of drug-likeness (QED) is 0.0656. The van der Waals surface area contributed by atoms with Gasteiger partial charge in [0.2, 0.25) is 29.5 Å². The molecule has 0 saturated carbocycles. The predicted octanol–water partition coefficient (Wildman–Crippen LogP) is 2.84. The minimum Gasteiger partial charge on any atom is -0.477 e. The topological polar surface area (TPSA) is 246 Å². The van der Waals surface area contributed by atoms with Gasteiger partial charge in [0.05, 0.1) is 49.4 Å². The Hall–Kier alpha value is -7.36. The van der Waals surface area contributed by atoms with E-state index in [4.69, 9.17) is 15.2 Å². The molecule has 22 heteroatoms. The number of fused-ring (bicyclic) bond motifs is 1. The number of imidazole rings is 1. The molecular weight excluding hydrogens is 860 g/mol. The molecule has 19 nitrogen and oxygen atoms in total. The fourth-order valence-corrected chi connectivity index (χ4v) is 7.02. The van der Waals surface area contributed by atoms with Gasteiger partial charge in [-0.05, 0) is 55.2 Å². The Balaban J connectivity index is 0.856. The van der Waals surface area contributed by atoms with Gasteiger partial charge in [0.25, 0.3) is 17.7 Å². The highest BCUT2D eigenvalue weighted by molar-refractivity contribution is 6.25. The lowest BCUT2D eigenvalue weighted by Gasteiger charge is -2.27. The van der Waals surface area contributed by atoms with E-state index in [1.54, 1.807) is 36.3 Å². The molecule has 1 fully saturated rings. The summed E-state index contributed by atoms with van der Waals surface area (Å²) in [7, 11) is 1.58. The Morgan fingerprint density at radius 3 is 2.49 bits per heavy atom. The highest BCUT2D eigenvalue weighted by Gasteiger charge is 2.45. The molecule has 5 N–H and O–H groups in total. The molecule has 2 aromatic carbocycles. The number of aryl methyl sites for hydroxylation is 1. The van der Waals surface area contributed by atoms with Crippen LogP contribution in [-0.2, 0) is 36.9 Å². The van der Waals surface area contributed by atoms with Gasteiger partial charge in [0.1, 0.15) is 17.4 Å². The largest absolute Gasteiger partial charge is 0.573 e. The van der Waals surface area contributed by atoms with Gasteiger partial charge in [-0.1, -0.05) is 18.2 Å². The molecule has 0 bridgehead atoms. The molecule has 2 aromatic heterocycles. The molecule has 0 spiro atoms. The number of hydrogen-bond donors (Lipinski definition) is 4. The number of carbonyl (C=O) groups is 7. The summed E-state index contributed by atoms with van der Waals surface area (Å²) in [5, 5.41) is 8.07. The summed E-state index contributed by atoms with van der Waals surface area (Å²) in [5.74, 6) is -3.92. The van der Waals surface area contributed by atoms with Crippen molar-refractivity contribution < 1.29 is 60.9 Å². The molecular formula is C43H46F3N9O10. The van der Waals surface area contributed by atoms with Gasteiger partial charge in [0, 0.05) is 69.7 Å². The lowest BCUT2D eigenvalue weighted by atomic mass is 10.0. The van der Waals surface area contributed by atoms with E-state index >= 15 is 0 Å². The van der Waals surface area contributed by atoms with E-state index in [0.29, 0.717) is 48.4 Å². The number of rotatable bonds is 22. The van der Waals surface area contributed by atoms with E-state index in [9.17, 15) is 46.7 Å². The number of imide groups is 2. The molecule has 1 atom stereocenters. The van der Waals surface area contributed by atoms with Crippen LogP contribution in [0.2, 0.25) is 0 Å². The van der Waals surface area contributed by atoms with Gasteiger partial charge < -0.3 is 40.0 Å². The zero-order valence-electron chi connectivity index (χ0n) is 35.2. The Morgan fingerprint density at radius 1 is 0.985 bits per heavy atom. The van der Waals surface area contributed by atoms with Crippen LogP contribution in [0.4, 0.5) is 18.9 Å². The second-order valence-electron chi connectivity index (χ2n) is 15.0. The van der Waals surface area contributed by atoms with Crippen molar-refractivity contribution in [1.82, 2.24) is 35.0 Å². The number of ether oxygens (including phenoxy) is 3. The summed E-state index contributed by atoms with van der Waals surface area (Å²) >= 11 is 0. The number of aromatic nitrogens is 3. The Morgan fingerprint density at radius 2 is 1.75 bits per heavy atom. The van der Waals surface area contributed by atoms with Crippen LogP contribution in [0.15, 0.2) is 67.3 Å². The molecule has 2 aliphatic rings. The van der Waals surface area contributed by atoms with Crippen molar-refractivity contribution in [3.63, 3.8) is 0 Å². The molecule has 344 valence electrons. The lowest BCUT2D eigenvalue weighted by molar-refractivity contribution is -0.274. The van der Waals surface area contributed by atoms with E-state index in [1.807, 2.05) is 0 Å². The molecule has 7 amide bonds. The number of carbonyl (C=O) groups excluding carboxylic acids is 7. The number of piperidine rings is 1. The molecule has 1 unspecified atom stereocenters. The van der Waals surface area contributed by atoms with Crippen molar-refractivity contribution in [2.24, 2.45) is 5.73 Å². The maximum absolute atomic E-state index is 13.2. The number of likely N-dealkylation sites (N-methyl/N-ethyl adjacent to an activating group) is 1. The summed E-state index contributed by atoms with van der Waals surface area (Å²) in [6.45, 7) is 1.88. The average molecular weight is 906 g/mol. The number of hydrogen-bond acceptors (Lipinski definition) is 13. The second-order valence-corrected chi connectivity index (χ2v) is 15.0. The number of pyridine rings is 1. The summed E-state index contributed by atoms with van der Waals surface area (Å²) in [4.78, 5) is 98.6. The number of nitrogens with zero attached hydrogens (tertiary/aromatic N) is 5. The van der Waals surface area contributed by atoms with Crippen molar-refractivity contribution in [2.75, 3.05) is 51.8 Å². The van der Waals surface area contributed by atoms with E-state index < -0.39 is 41.9 Å². The number of nitrogens with two attached hydrogens (primary N) is 1. The molecule has 2 aliphatic heterocycles. The average Bonchev–Trinajstić information content (AvgIpc) is 3.84. The predicted molar refractivity (Wildman–Crippen MR) is 223 cm³/mol. The van der Waals surface area contributed by atoms with Crippen LogP contribution in [0.5, 0.6) is 11.6 Å². The number of alkyl halides is 3. The number of anilines is 1. The molecule has 0 radical (unpaired) electrons. The van der Waals surface area contributed by atoms with Crippen molar-refractivity contribution in [1.29, 1.82) is 0 Å². The Labute approximate surface area is 369 Å².